The summed E-state index contributed by atoms with van der Waals surface area (Å²) >= 11 is 0. The molecule has 174 valence electrons. The predicted octanol–water partition coefficient (Wildman–Crippen LogP) is 6.69. The predicted molar refractivity (Wildman–Crippen MR) is 140 cm³/mol. The molecule has 0 aromatic heterocycles. The SMILES string of the molecule is CC1(C)C(=O)N(c2ccccc2-c2ccccc2)C(=O)N1Cc1ccccc1Cc1ccccc1. The molecular formula is C31H28N2O2. The van der Waals surface area contributed by atoms with E-state index >= 15 is 0 Å². The van der Waals surface area contributed by atoms with Crippen LogP contribution in [0.3, 0.4) is 0 Å². The molecule has 0 bridgehead atoms. The number of carbonyl (C=O) groups excluding carboxylic acids is 2. The Morgan fingerprint density at radius 2 is 1.23 bits per heavy atom. The van der Waals surface area contributed by atoms with Crippen molar-refractivity contribution in [2.24, 2.45) is 0 Å². The van der Waals surface area contributed by atoms with Crippen molar-refractivity contribution < 1.29 is 9.59 Å². The smallest absolute Gasteiger partial charge is 0.305 e. The van der Waals surface area contributed by atoms with Crippen molar-refractivity contribution in [3.8, 4) is 11.1 Å². The van der Waals surface area contributed by atoms with E-state index in [1.54, 1.807) is 4.90 Å². The third-order valence-corrected chi connectivity index (χ3v) is 6.74. The van der Waals surface area contributed by atoms with Crippen LogP contribution in [0, 0.1) is 0 Å². The molecule has 0 aliphatic carbocycles. The molecule has 5 rings (SSSR count). The Balaban J connectivity index is 1.49. The second kappa shape index (κ2) is 9.22. The lowest BCUT2D eigenvalue weighted by atomic mass is 9.97. The number of benzene rings is 4. The highest BCUT2D eigenvalue weighted by Gasteiger charge is 2.52. The van der Waals surface area contributed by atoms with E-state index in [0.29, 0.717) is 12.2 Å². The van der Waals surface area contributed by atoms with Crippen LogP contribution in [0.2, 0.25) is 0 Å². The zero-order chi connectivity index (χ0) is 24.4. The summed E-state index contributed by atoms with van der Waals surface area (Å²) in [5.74, 6) is -0.216. The summed E-state index contributed by atoms with van der Waals surface area (Å²) in [7, 11) is 0. The van der Waals surface area contributed by atoms with Crippen LogP contribution < -0.4 is 4.90 Å². The third kappa shape index (κ3) is 4.24. The maximum Gasteiger partial charge on any atom is 0.332 e. The maximum absolute atomic E-state index is 13.8. The molecule has 0 saturated carbocycles. The van der Waals surface area contributed by atoms with E-state index in [9.17, 15) is 9.59 Å². The van der Waals surface area contributed by atoms with Gasteiger partial charge in [0.25, 0.3) is 5.91 Å². The molecule has 1 aliphatic rings. The van der Waals surface area contributed by atoms with Gasteiger partial charge in [0, 0.05) is 12.1 Å². The molecule has 35 heavy (non-hydrogen) atoms. The highest BCUT2D eigenvalue weighted by molar-refractivity contribution is 6.24. The monoisotopic (exact) mass is 460 g/mol. The minimum Gasteiger partial charge on any atom is -0.305 e. The summed E-state index contributed by atoms with van der Waals surface area (Å²) in [4.78, 5) is 30.5. The van der Waals surface area contributed by atoms with Crippen molar-refractivity contribution in [2.45, 2.75) is 32.4 Å². The quantitative estimate of drug-likeness (QED) is 0.301. The first-order valence-electron chi connectivity index (χ1n) is 11.9. The second-order valence-corrected chi connectivity index (χ2v) is 9.38. The fraction of sp³-hybridized carbons (Fsp3) is 0.161. The van der Waals surface area contributed by atoms with E-state index in [1.165, 1.54) is 10.5 Å². The van der Waals surface area contributed by atoms with Crippen LogP contribution in [-0.4, -0.2) is 22.4 Å². The van der Waals surface area contributed by atoms with Crippen molar-refractivity contribution in [1.29, 1.82) is 0 Å². The molecule has 0 atom stereocenters. The van der Waals surface area contributed by atoms with Crippen LogP contribution in [0.4, 0.5) is 10.5 Å². The Bertz CT molecular complexity index is 1360. The number of imide groups is 1. The lowest BCUT2D eigenvalue weighted by molar-refractivity contribution is -0.123. The minimum absolute atomic E-state index is 0.216. The van der Waals surface area contributed by atoms with Crippen LogP contribution in [0.1, 0.15) is 30.5 Å². The number of urea groups is 1. The van der Waals surface area contributed by atoms with Gasteiger partial charge in [0.1, 0.15) is 5.54 Å². The van der Waals surface area contributed by atoms with E-state index in [0.717, 1.165) is 28.7 Å². The van der Waals surface area contributed by atoms with Gasteiger partial charge in [0.05, 0.1) is 5.69 Å². The van der Waals surface area contributed by atoms with E-state index < -0.39 is 5.54 Å². The summed E-state index contributed by atoms with van der Waals surface area (Å²) in [6, 6.07) is 35.6. The lowest BCUT2D eigenvalue weighted by Gasteiger charge is -2.28. The Morgan fingerprint density at radius 1 is 0.657 bits per heavy atom. The zero-order valence-corrected chi connectivity index (χ0v) is 20.0. The van der Waals surface area contributed by atoms with Gasteiger partial charge in [0.2, 0.25) is 0 Å². The highest BCUT2D eigenvalue weighted by Crippen LogP contribution is 2.38. The summed E-state index contributed by atoms with van der Waals surface area (Å²) in [5.41, 5.74) is 4.87. The summed E-state index contributed by atoms with van der Waals surface area (Å²) in [6.07, 6.45) is 0.772. The topological polar surface area (TPSA) is 40.6 Å². The molecule has 1 aliphatic heterocycles. The zero-order valence-electron chi connectivity index (χ0n) is 20.0. The van der Waals surface area contributed by atoms with Crippen molar-refractivity contribution in [2.75, 3.05) is 4.90 Å². The Morgan fingerprint density at radius 3 is 1.94 bits per heavy atom. The summed E-state index contributed by atoms with van der Waals surface area (Å²) < 4.78 is 0. The van der Waals surface area contributed by atoms with Gasteiger partial charge in [-0.05, 0) is 48.6 Å². The Hall–Kier alpha value is -4.18. The van der Waals surface area contributed by atoms with E-state index in [4.69, 9.17) is 0 Å². The number of anilines is 1. The highest BCUT2D eigenvalue weighted by atomic mass is 16.2. The van der Waals surface area contributed by atoms with E-state index in [-0.39, 0.29) is 11.9 Å². The van der Waals surface area contributed by atoms with E-state index in [1.807, 2.05) is 105 Å². The fourth-order valence-electron chi connectivity index (χ4n) is 4.71. The summed E-state index contributed by atoms with van der Waals surface area (Å²) in [5, 5.41) is 0. The normalized spacial score (nSPS) is 15.0. The fourth-order valence-corrected chi connectivity index (χ4v) is 4.71. The number of carbonyl (C=O) groups is 2. The Labute approximate surface area is 206 Å². The second-order valence-electron chi connectivity index (χ2n) is 9.38. The third-order valence-electron chi connectivity index (χ3n) is 6.74. The van der Waals surface area contributed by atoms with Crippen LogP contribution >= 0.6 is 0 Å². The minimum atomic E-state index is -0.971. The van der Waals surface area contributed by atoms with Gasteiger partial charge < -0.3 is 4.90 Å². The van der Waals surface area contributed by atoms with Gasteiger partial charge in [-0.1, -0.05) is 103 Å². The largest absolute Gasteiger partial charge is 0.332 e. The molecule has 3 amide bonds. The molecule has 0 radical (unpaired) electrons. The molecule has 4 heteroatoms. The molecule has 1 saturated heterocycles. The number of hydrogen-bond donors (Lipinski definition) is 0. The molecule has 1 fully saturated rings. The number of amides is 3. The van der Waals surface area contributed by atoms with Gasteiger partial charge in [0.15, 0.2) is 0 Å². The standard InChI is InChI=1S/C31H28N2O2/c1-31(2)29(34)33(28-20-12-11-19-27(28)24-15-7-4-8-16-24)30(35)32(31)22-26-18-10-9-17-25(26)21-23-13-5-3-6-14-23/h3-20H,21-22H2,1-2H3. The van der Waals surface area contributed by atoms with Gasteiger partial charge in [-0.25, -0.2) is 9.69 Å². The molecule has 0 N–H and O–H groups in total. The first kappa shape index (κ1) is 22.6. The van der Waals surface area contributed by atoms with Crippen molar-refractivity contribution in [3.63, 3.8) is 0 Å². The van der Waals surface area contributed by atoms with Gasteiger partial charge in [-0.3, -0.25) is 4.79 Å². The lowest BCUT2D eigenvalue weighted by Crippen LogP contribution is -2.43. The van der Waals surface area contributed by atoms with Gasteiger partial charge in [-0.15, -0.1) is 0 Å². The molecule has 4 aromatic rings. The number of para-hydroxylation sites is 1. The maximum atomic E-state index is 13.8. The number of rotatable bonds is 6. The van der Waals surface area contributed by atoms with Crippen LogP contribution in [0.5, 0.6) is 0 Å². The Kier molecular flexibility index (Phi) is 5.96. The first-order valence-corrected chi connectivity index (χ1v) is 11.9. The van der Waals surface area contributed by atoms with Crippen LogP contribution in [0.25, 0.3) is 11.1 Å². The molecule has 1 heterocycles. The number of hydrogen-bond acceptors (Lipinski definition) is 2. The molecule has 0 unspecified atom stereocenters. The van der Waals surface area contributed by atoms with Crippen molar-refractivity contribution >= 4 is 17.6 Å². The summed E-state index contributed by atoms with van der Waals surface area (Å²) in [6.45, 7) is 4.03. The van der Waals surface area contributed by atoms with Crippen molar-refractivity contribution in [3.05, 3.63) is 126 Å². The van der Waals surface area contributed by atoms with Gasteiger partial charge in [-0.2, -0.15) is 0 Å². The van der Waals surface area contributed by atoms with Crippen LogP contribution in [-0.2, 0) is 17.8 Å². The van der Waals surface area contributed by atoms with Crippen molar-refractivity contribution in [1.82, 2.24) is 4.90 Å². The van der Waals surface area contributed by atoms with Gasteiger partial charge >= 0.3 is 6.03 Å². The molecule has 4 nitrogen and oxygen atoms in total. The van der Waals surface area contributed by atoms with E-state index in [2.05, 4.69) is 18.2 Å². The average molecular weight is 461 g/mol. The molecule has 4 aromatic carbocycles. The average Bonchev–Trinajstić information content (AvgIpc) is 3.05. The molecular weight excluding hydrogens is 432 g/mol. The van der Waals surface area contributed by atoms with Crippen LogP contribution in [0.15, 0.2) is 109 Å². The molecule has 0 spiro atoms. The first-order chi connectivity index (χ1) is 17.0. The number of nitrogens with zero attached hydrogens (tertiary/aromatic N) is 2.